The van der Waals surface area contributed by atoms with Crippen molar-refractivity contribution < 1.29 is 22.4 Å². The molecular weight excluding hydrogens is 324 g/mol. The lowest BCUT2D eigenvalue weighted by atomic mass is 10.2. The number of nitrogens with zero attached hydrogens (tertiary/aromatic N) is 2. The fourth-order valence-corrected chi connectivity index (χ4v) is 3.63. The predicted molar refractivity (Wildman–Crippen MR) is 80.8 cm³/mol. The van der Waals surface area contributed by atoms with E-state index in [1.54, 1.807) is 11.8 Å². The molecule has 1 aromatic heterocycles. The molecule has 10 heteroatoms. The zero-order chi connectivity index (χ0) is 17.2. The van der Waals surface area contributed by atoms with Crippen molar-refractivity contribution in [1.29, 1.82) is 0 Å². The molecule has 1 aliphatic heterocycles. The number of piperazine rings is 1. The van der Waals surface area contributed by atoms with Crippen LogP contribution < -0.4 is 11.5 Å². The van der Waals surface area contributed by atoms with Crippen molar-refractivity contribution in [2.75, 3.05) is 26.2 Å². The number of rotatable bonds is 5. The van der Waals surface area contributed by atoms with E-state index in [2.05, 4.69) is 0 Å². The molecule has 0 aromatic carbocycles. The number of carbonyl (C=O) groups excluding carboxylic acids is 2. The normalized spacial score (nSPS) is 17.9. The van der Waals surface area contributed by atoms with E-state index in [0.717, 1.165) is 0 Å². The molecular formula is C13H20N4O5S. The first kappa shape index (κ1) is 17.4. The molecule has 0 aliphatic carbocycles. The van der Waals surface area contributed by atoms with E-state index in [1.165, 1.54) is 16.4 Å². The van der Waals surface area contributed by atoms with E-state index < -0.39 is 15.9 Å². The summed E-state index contributed by atoms with van der Waals surface area (Å²) >= 11 is 0. The van der Waals surface area contributed by atoms with Crippen LogP contribution in [0.25, 0.3) is 0 Å². The average Bonchev–Trinajstić information content (AvgIpc) is 2.97. The lowest BCUT2D eigenvalue weighted by Crippen LogP contribution is -2.51. The van der Waals surface area contributed by atoms with Gasteiger partial charge >= 0.3 is 0 Å². The van der Waals surface area contributed by atoms with Gasteiger partial charge in [0.1, 0.15) is 0 Å². The molecule has 1 aliphatic rings. The highest BCUT2D eigenvalue weighted by Gasteiger charge is 2.32. The molecule has 1 aromatic rings. The standard InChI is InChI=1S/C13H20N4O5S/c1-9(14)8-11(18)16-4-6-17(7-5-16)23(20,21)12-3-2-10(22-12)13(15)19/h2-3,9H,4-8,14H2,1H3,(H2,15,19). The molecule has 2 amide bonds. The van der Waals surface area contributed by atoms with Gasteiger partial charge in [-0.3, -0.25) is 9.59 Å². The number of primary amides is 1. The van der Waals surface area contributed by atoms with Crippen LogP contribution in [0.3, 0.4) is 0 Å². The lowest BCUT2D eigenvalue weighted by Gasteiger charge is -2.33. The highest BCUT2D eigenvalue weighted by atomic mass is 32.2. The number of hydrogen-bond donors (Lipinski definition) is 2. The molecule has 9 nitrogen and oxygen atoms in total. The molecule has 1 fully saturated rings. The highest BCUT2D eigenvalue weighted by molar-refractivity contribution is 7.89. The van der Waals surface area contributed by atoms with E-state index in [-0.39, 0.29) is 55.4 Å². The molecule has 0 spiro atoms. The van der Waals surface area contributed by atoms with Crippen LogP contribution in [0.15, 0.2) is 21.6 Å². The van der Waals surface area contributed by atoms with Crippen molar-refractivity contribution in [2.45, 2.75) is 24.5 Å². The quantitative estimate of drug-likeness (QED) is 0.698. The van der Waals surface area contributed by atoms with Gasteiger partial charge in [0.2, 0.25) is 11.0 Å². The maximum atomic E-state index is 12.4. The molecule has 2 rings (SSSR count). The molecule has 0 radical (unpaired) electrons. The fraction of sp³-hybridized carbons (Fsp3) is 0.538. The minimum Gasteiger partial charge on any atom is -0.438 e. The summed E-state index contributed by atoms with van der Waals surface area (Å²) in [7, 11) is -3.85. The van der Waals surface area contributed by atoms with Crippen LogP contribution in [0.5, 0.6) is 0 Å². The molecule has 0 saturated carbocycles. The summed E-state index contributed by atoms with van der Waals surface area (Å²) in [6.45, 7) is 2.62. The van der Waals surface area contributed by atoms with Crippen molar-refractivity contribution in [1.82, 2.24) is 9.21 Å². The smallest absolute Gasteiger partial charge is 0.284 e. The van der Waals surface area contributed by atoms with Crippen LogP contribution in [0, 0.1) is 0 Å². The predicted octanol–water partition coefficient (Wildman–Crippen LogP) is -1.05. The van der Waals surface area contributed by atoms with Crippen LogP contribution in [0.4, 0.5) is 0 Å². The topological polar surface area (TPSA) is 140 Å². The maximum Gasteiger partial charge on any atom is 0.284 e. The Bertz CT molecular complexity index is 689. The zero-order valence-electron chi connectivity index (χ0n) is 12.8. The number of furan rings is 1. The maximum absolute atomic E-state index is 12.4. The Morgan fingerprint density at radius 2 is 1.87 bits per heavy atom. The Balaban J connectivity index is 2.03. The number of amides is 2. The number of carbonyl (C=O) groups is 2. The summed E-state index contributed by atoms with van der Waals surface area (Å²) in [4.78, 5) is 24.5. The third kappa shape index (κ3) is 3.89. The Hall–Kier alpha value is -1.91. The van der Waals surface area contributed by atoms with Crippen molar-refractivity contribution in [3.8, 4) is 0 Å². The van der Waals surface area contributed by atoms with Crippen molar-refractivity contribution in [2.24, 2.45) is 11.5 Å². The van der Waals surface area contributed by atoms with E-state index in [9.17, 15) is 18.0 Å². The first-order valence-electron chi connectivity index (χ1n) is 7.15. The second kappa shape index (κ2) is 6.69. The molecule has 1 atom stereocenters. The summed E-state index contributed by atoms with van der Waals surface area (Å²) in [6.07, 6.45) is 0.229. The number of nitrogens with two attached hydrogens (primary N) is 2. The van der Waals surface area contributed by atoms with Crippen molar-refractivity contribution in [3.63, 3.8) is 0 Å². The number of hydrogen-bond acceptors (Lipinski definition) is 6. The third-order valence-corrected chi connectivity index (χ3v) is 5.28. The summed E-state index contributed by atoms with van der Waals surface area (Å²) in [6, 6.07) is 2.18. The molecule has 128 valence electrons. The monoisotopic (exact) mass is 344 g/mol. The fourth-order valence-electron chi connectivity index (χ4n) is 2.30. The minimum atomic E-state index is -3.85. The van der Waals surface area contributed by atoms with Gasteiger partial charge in [-0.2, -0.15) is 4.31 Å². The number of sulfonamides is 1. The van der Waals surface area contributed by atoms with Crippen molar-refractivity contribution in [3.05, 3.63) is 17.9 Å². The van der Waals surface area contributed by atoms with Gasteiger partial charge in [-0.25, -0.2) is 8.42 Å². The molecule has 1 saturated heterocycles. The summed E-state index contributed by atoms with van der Waals surface area (Å²) in [5.41, 5.74) is 10.6. The lowest BCUT2D eigenvalue weighted by molar-refractivity contribution is -0.132. The molecule has 0 bridgehead atoms. The van der Waals surface area contributed by atoms with Gasteiger partial charge in [-0.1, -0.05) is 0 Å². The molecule has 1 unspecified atom stereocenters. The van der Waals surface area contributed by atoms with Crippen molar-refractivity contribution >= 4 is 21.8 Å². The molecule has 2 heterocycles. The molecule has 23 heavy (non-hydrogen) atoms. The Morgan fingerprint density at radius 1 is 1.26 bits per heavy atom. The van der Waals surface area contributed by atoms with Crippen LogP contribution >= 0.6 is 0 Å². The summed E-state index contributed by atoms with van der Waals surface area (Å²) < 4.78 is 31.1. The van der Waals surface area contributed by atoms with Gasteiger partial charge in [0.15, 0.2) is 5.76 Å². The van der Waals surface area contributed by atoms with Gasteiger partial charge < -0.3 is 20.8 Å². The van der Waals surface area contributed by atoms with Gasteiger partial charge in [-0.15, -0.1) is 0 Å². The average molecular weight is 344 g/mol. The third-order valence-electron chi connectivity index (χ3n) is 3.51. The Morgan fingerprint density at radius 3 is 2.35 bits per heavy atom. The van der Waals surface area contributed by atoms with Crippen LogP contribution in [-0.2, 0) is 14.8 Å². The second-order valence-corrected chi connectivity index (χ2v) is 7.32. The van der Waals surface area contributed by atoms with Crippen LogP contribution in [0.2, 0.25) is 0 Å². The van der Waals surface area contributed by atoms with Gasteiger partial charge in [0.25, 0.3) is 15.9 Å². The summed E-state index contributed by atoms with van der Waals surface area (Å²) in [5.74, 6) is -1.14. The van der Waals surface area contributed by atoms with E-state index in [1.807, 2.05) is 0 Å². The Kier molecular flexibility index (Phi) is 5.07. The Labute approximate surface area is 134 Å². The highest BCUT2D eigenvalue weighted by Crippen LogP contribution is 2.20. The first-order chi connectivity index (χ1) is 10.7. The largest absolute Gasteiger partial charge is 0.438 e. The minimum absolute atomic E-state index is 0.0916. The van der Waals surface area contributed by atoms with Crippen LogP contribution in [0.1, 0.15) is 23.9 Å². The SMILES string of the molecule is CC(N)CC(=O)N1CCN(S(=O)(=O)c2ccc(C(N)=O)o2)CC1. The van der Waals surface area contributed by atoms with E-state index in [0.29, 0.717) is 0 Å². The first-order valence-corrected chi connectivity index (χ1v) is 8.59. The second-order valence-electron chi connectivity index (χ2n) is 5.45. The van der Waals surface area contributed by atoms with Gasteiger partial charge in [0.05, 0.1) is 0 Å². The van der Waals surface area contributed by atoms with E-state index in [4.69, 9.17) is 15.9 Å². The summed E-state index contributed by atoms with van der Waals surface area (Å²) in [5, 5.41) is -0.332. The van der Waals surface area contributed by atoms with Crippen LogP contribution in [-0.4, -0.2) is 61.7 Å². The van der Waals surface area contributed by atoms with E-state index >= 15 is 0 Å². The van der Waals surface area contributed by atoms with Gasteiger partial charge in [-0.05, 0) is 19.1 Å². The molecule has 4 N–H and O–H groups in total. The van der Waals surface area contributed by atoms with Gasteiger partial charge in [0, 0.05) is 38.6 Å². The zero-order valence-corrected chi connectivity index (χ0v) is 13.6.